The Kier molecular flexibility index (Phi) is 4.97. The first-order chi connectivity index (χ1) is 8.10. The Labute approximate surface area is 94.9 Å². The van der Waals surface area contributed by atoms with Gasteiger partial charge in [0, 0.05) is 0 Å². The highest BCUT2D eigenvalue weighted by Gasteiger charge is 2.22. The van der Waals surface area contributed by atoms with Crippen LogP contribution < -0.4 is 11.4 Å². The van der Waals surface area contributed by atoms with Gasteiger partial charge in [0.25, 0.3) is 0 Å². The van der Waals surface area contributed by atoms with Crippen LogP contribution in [0.2, 0.25) is 0 Å². The number of aliphatic hydroxyl groups excluding tert-OH is 3. The van der Waals surface area contributed by atoms with Crippen LogP contribution in [-0.4, -0.2) is 55.8 Å². The molecule has 96 valence electrons. The van der Waals surface area contributed by atoms with Crippen molar-refractivity contribution in [2.24, 2.45) is 0 Å². The van der Waals surface area contributed by atoms with Crippen molar-refractivity contribution in [2.45, 2.75) is 12.3 Å². The molecule has 0 amide bonds. The van der Waals surface area contributed by atoms with E-state index in [1.807, 2.05) is 4.98 Å². The van der Waals surface area contributed by atoms with Gasteiger partial charge in [-0.15, -0.1) is 0 Å². The maximum absolute atomic E-state index is 11.4. The molecule has 0 saturated carbocycles. The molecule has 0 aliphatic heterocycles. The van der Waals surface area contributed by atoms with Gasteiger partial charge in [-0.25, -0.2) is 9.59 Å². The number of ether oxygens (including phenoxy) is 1. The summed E-state index contributed by atoms with van der Waals surface area (Å²) in [5.74, 6) is 0. The fraction of sp³-hybridized carbons (Fsp3) is 0.625. The Morgan fingerprint density at radius 2 is 2.18 bits per heavy atom. The first-order valence-electron chi connectivity index (χ1n) is 4.79. The lowest BCUT2D eigenvalue weighted by atomic mass is 10.3. The first kappa shape index (κ1) is 13.5. The molecule has 0 bridgehead atoms. The summed E-state index contributed by atoms with van der Waals surface area (Å²) in [4.78, 5) is 27.3. The van der Waals surface area contributed by atoms with Crippen LogP contribution in [0.15, 0.2) is 15.9 Å². The van der Waals surface area contributed by atoms with Crippen molar-refractivity contribution in [2.75, 3.05) is 19.8 Å². The molecule has 9 nitrogen and oxygen atoms in total. The van der Waals surface area contributed by atoms with E-state index in [-0.39, 0.29) is 13.2 Å². The molecule has 4 N–H and O–H groups in total. The predicted molar refractivity (Wildman–Crippen MR) is 54.3 cm³/mol. The van der Waals surface area contributed by atoms with E-state index in [1.54, 1.807) is 0 Å². The SMILES string of the molecule is O=c1ncn([C@H](OCCO)[C@@H](O)CO)c(=O)[nH]1. The molecule has 1 aromatic rings. The van der Waals surface area contributed by atoms with Crippen molar-refractivity contribution < 1.29 is 20.1 Å². The smallest absolute Gasteiger partial charge is 0.350 e. The lowest BCUT2D eigenvalue weighted by molar-refractivity contribution is -0.107. The minimum atomic E-state index is -1.38. The molecule has 0 saturated heterocycles. The van der Waals surface area contributed by atoms with E-state index in [0.29, 0.717) is 0 Å². The van der Waals surface area contributed by atoms with Crippen molar-refractivity contribution in [3.8, 4) is 0 Å². The summed E-state index contributed by atoms with van der Waals surface area (Å²) in [6.07, 6.45) is -1.72. The van der Waals surface area contributed by atoms with Gasteiger partial charge in [-0.3, -0.25) is 9.55 Å². The zero-order valence-electron chi connectivity index (χ0n) is 8.81. The highest BCUT2D eigenvalue weighted by atomic mass is 16.5. The van der Waals surface area contributed by atoms with Crippen LogP contribution in [0.4, 0.5) is 0 Å². The Balaban J connectivity index is 3.03. The third-order valence-corrected chi connectivity index (χ3v) is 1.92. The molecule has 0 spiro atoms. The topological polar surface area (TPSA) is 138 Å². The average molecular weight is 247 g/mol. The van der Waals surface area contributed by atoms with Gasteiger partial charge < -0.3 is 20.1 Å². The fourth-order valence-corrected chi connectivity index (χ4v) is 1.18. The Hall–Kier alpha value is -1.55. The second-order valence-corrected chi connectivity index (χ2v) is 3.12. The van der Waals surface area contributed by atoms with E-state index in [2.05, 4.69) is 4.98 Å². The quantitative estimate of drug-likeness (QED) is 0.415. The molecule has 0 aromatic carbocycles. The third-order valence-electron chi connectivity index (χ3n) is 1.92. The van der Waals surface area contributed by atoms with Gasteiger partial charge in [-0.05, 0) is 0 Å². The molecular weight excluding hydrogens is 234 g/mol. The maximum Gasteiger partial charge on any atom is 0.350 e. The summed E-state index contributed by atoms with van der Waals surface area (Å²) >= 11 is 0. The third kappa shape index (κ3) is 3.46. The number of aromatic amines is 1. The lowest BCUT2D eigenvalue weighted by Crippen LogP contribution is -2.40. The Morgan fingerprint density at radius 3 is 2.71 bits per heavy atom. The van der Waals surface area contributed by atoms with Crippen LogP contribution in [0.1, 0.15) is 6.23 Å². The van der Waals surface area contributed by atoms with Gasteiger partial charge in [0.1, 0.15) is 12.4 Å². The maximum atomic E-state index is 11.4. The van der Waals surface area contributed by atoms with E-state index in [4.69, 9.17) is 14.9 Å². The number of hydrogen-bond donors (Lipinski definition) is 4. The number of H-pyrrole nitrogens is 1. The number of nitrogens with zero attached hydrogens (tertiary/aromatic N) is 2. The predicted octanol–water partition coefficient (Wildman–Crippen LogP) is -3.21. The van der Waals surface area contributed by atoms with Gasteiger partial charge in [0.05, 0.1) is 19.8 Å². The number of rotatable bonds is 6. The standard InChI is InChI=1S/C8H13N3O6/c12-1-2-17-6(5(14)3-13)11-4-9-7(15)10-8(11)16/h4-6,12-14H,1-3H2,(H,10,15,16)/t5-,6+/m0/s1. The van der Waals surface area contributed by atoms with E-state index in [0.717, 1.165) is 10.9 Å². The van der Waals surface area contributed by atoms with Crippen molar-refractivity contribution in [3.63, 3.8) is 0 Å². The lowest BCUT2D eigenvalue weighted by Gasteiger charge is -2.22. The summed E-state index contributed by atoms with van der Waals surface area (Å²) in [6, 6.07) is 0. The largest absolute Gasteiger partial charge is 0.394 e. The van der Waals surface area contributed by atoms with E-state index in [1.165, 1.54) is 0 Å². The monoisotopic (exact) mass is 247 g/mol. The van der Waals surface area contributed by atoms with Crippen molar-refractivity contribution in [1.82, 2.24) is 14.5 Å². The normalized spacial score (nSPS) is 14.5. The molecule has 17 heavy (non-hydrogen) atoms. The van der Waals surface area contributed by atoms with Crippen LogP contribution >= 0.6 is 0 Å². The Bertz CT molecular complexity index is 455. The molecule has 0 radical (unpaired) electrons. The van der Waals surface area contributed by atoms with E-state index >= 15 is 0 Å². The summed E-state index contributed by atoms with van der Waals surface area (Å²) in [5, 5.41) is 26.9. The molecule has 9 heteroatoms. The van der Waals surface area contributed by atoms with Crippen molar-refractivity contribution in [1.29, 1.82) is 0 Å². The van der Waals surface area contributed by atoms with Gasteiger partial charge in [0.2, 0.25) is 0 Å². The molecule has 0 aliphatic rings. The number of aliphatic hydroxyl groups is 3. The van der Waals surface area contributed by atoms with Gasteiger partial charge in [-0.2, -0.15) is 4.98 Å². The zero-order valence-corrected chi connectivity index (χ0v) is 8.81. The Morgan fingerprint density at radius 1 is 1.47 bits per heavy atom. The van der Waals surface area contributed by atoms with Gasteiger partial charge in [-0.1, -0.05) is 0 Å². The van der Waals surface area contributed by atoms with E-state index < -0.39 is 30.3 Å². The highest BCUT2D eigenvalue weighted by molar-refractivity contribution is 4.75. The van der Waals surface area contributed by atoms with Crippen LogP contribution in [0, 0.1) is 0 Å². The summed E-state index contributed by atoms with van der Waals surface area (Å²) in [7, 11) is 0. The van der Waals surface area contributed by atoms with Crippen molar-refractivity contribution in [3.05, 3.63) is 27.3 Å². The fourth-order valence-electron chi connectivity index (χ4n) is 1.18. The summed E-state index contributed by atoms with van der Waals surface area (Å²) < 4.78 is 5.81. The molecular formula is C8H13N3O6. The zero-order chi connectivity index (χ0) is 12.8. The van der Waals surface area contributed by atoms with Crippen LogP contribution in [0.25, 0.3) is 0 Å². The molecule has 1 rings (SSSR count). The van der Waals surface area contributed by atoms with E-state index in [9.17, 15) is 14.7 Å². The van der Waals surface area contributed by atoms with Crippen molar-refractivity contribution >= 4 is 0 Å². The molecule has 1 aromatic heterocycles. The summed E-state index contributed by atoms with van der Waals surface area (Å²) in [5.41, 5.74) is -1.66. The second-order valence-electron chi connectivity index (χ2n) is 3.12. The highest BCUT2D eigenvalue weighted by Crippen LogP contribution is 2.09. The average Bonchev–Trinajstić information content (AvgIpc) is 2.31. The minimum absolute atomic E-state index is 0.146. The summed E-state index contributed by atoms with van der Waals surface area (Å²) in [6.45, 7) is -1.12. The molecule has 2 atom stereocenters. The molecule has 0 aliphatic carbocycles. The first-order valence-corrected chi connectivity index (χ1v) is 4.79. The minimum Gasteiger partial charge on any atom is -0.394 e. The molecule has 0 unspecified atom stereocenters. The molecule has 0 fully saturated rings. The number of nitrogens with one attached hydrogen (secondary N) is 1. The van der Waals surface area contributed by atoms with Gasteiger partial charge in [0.15, 0.2) is 6.23 Å². The van der Waals surface area contributed by atoms with Crippen LogP contribution in [-0.2, 0) is 4.74 Å². The number of hydrogen-bond acceptors (Lipinski definition) is 7. The van der Waals surface area contributed by atoms with Gasteiger partial charge >= 0.3 is 11.4 Å². The number of aromatic nitrogens is 3. The van der Waals surface area contributed by atoms with Crippen LogP contribution in [0.5, 0.6) is 0 Å². The molecule has 1 heterocycles. The van der Waals surface area contributed by atoms with Crippen LogP contribution in [0.3, 0.4) is 0 Å². The second kappa shape index (κ2) is 6.25.